The highest BCUT2D eigenvalue weighted by molar-refractivity contribution is 7.89. The van der Waals surface area contributed by atoms with Gasteiger partial charge in [-0.3, -0.25) is 9.59 Å². The topological polar surface area (TPSA) is 92.8 Å². The van der Waals surface area contributed by atoms with Crippen molar-refractivity contribution in [1.82, 2.24) is 9.62 Å². The molecule has 1 aliphatic heterocycles. The van der Waals surface area contributed by atoms with Crippen LogP contribution >= 0.6 is 0 Å². The van der Waals surface area contributed by atoms with Crippen LogP contribution in [0, 0.1) is 12.8 Å². The highest BCUT2D eigenvalue weighted by Gasteiger charge is 2.22. The lowest BCUT2D eigenvalue weighted by Crippen LogP contribution is -2.42. The van der Waals surface area contributed by atoms with Crippen LogP contribution in [-0.4, -0.2) is 51.4 Å². The molecule has 0 spiro atoms. The smallest absolute Gasteiger partial charge is 0.321 e. The van der Waals surface area contributed by atoms with E-state index in [1.165, 1.54) is 12.1 Å². The van der Waals surface area contributed by atoms with Crippen LogP contribution in [-0.2, 0) is 24.3 Å². The number of hydrogen-bond donors (Lipinski definition) is 1. The molecular formula is C17H24N2O5S. The Bertz CT molecular complexity index is 715. The minimum absolute atomic E-state index is 0.0734. The number of carbonyl (C=O) groups is 2. The molecule has 1 amide bonds. The molecule has 25 heavy (non-hydrogen) atoms. The molecule has 1 atom stereocenters. The van der Waals surface area contributed by atoms with Crippen LogP contribution < -0.4 is 4.72 Å². The summed E-state index contributed by atoms with van der Waals surface area (Å²) in [6.45, 7) is 4.38. The molecule has 1 fully saturated rings. The first-order valence-electron chi connectivity index (χ1n) is 8.27. The van der Waals surface area contributed by atoms with Gasteiger partial charge in [0.15, 0.2) is 6.61 Å². The normalized spacial score (nSPS) is 18.0. The first kappa shape index (κ1) is 19.4. The van der Waals surface area contributed by atoms with Crippen LogP contribution in [0.15, 0.2) is 29.2 Å². The molecule has 8 heteroatoms. The van der Waals surface area contributed by atoms with Crippen molar-refractivity contribution in [3.05, 3.63) is 29.8 Å². The lowest BCUT2D eigenvalue weighted by Gasteiger charge is -2.30. The van der Waals surface area contributed by atoms with Crippen LogP contribution in [0.5, 0.6) is 0 Å². The van der Waals surface area contributed by atoms with Crippen molar-refractivity contribution < 1.29 is 22.7 Å². The standard InChI is InChI=1S/C17H24N2O5S/c1-13-5-7-15(8-6-13)25(22,23)18-10-17(21)24-12-16(20)19-9-3-4-14(2)11-19/h5-8,14,18H,3-4,9-12H2,1-2H3. The van der Waals surface area contributed by atoms with Crippen LogP contribution in [0.4, 0.5) is 0 Å². The summed E-state index contributed by atoms with van der Waals surface area (Å²) < 4.78 is 31.2. The maximum absolute atomic E-state index is 12.1. The number of sulfonamides is 1. The van der Waals surface area contributed by atoms with E-state index in [0.717, 1.165) is 18.4 Å². The first-order valence-corrected chi connectivity index (χ1v) is 9.76. The van der Waals surface area contributed by atoms with E-state index in [1.54, 1.807) is 17.0 Å². The maximum Gasteiger partial charge on any atom is 0.321 e. The fourth-order valence-corrected chi connectivity index (χ4v) is 3.62. The highest BCUT2D eigenvalue weighted by Crippen LogP contribution is 2.15. The summed E-state index contributed by atoms with van der Waals surface area (Å²) in [4.78, 5) is 25.5. The molecule has 1 aromatic carbocycles. The number of hydrogen-bond acceptors (Lipinski definition) is 5. The average molecular weight is 368 g/mol. The molecule has 1 unspecified atom stereocenters. The number of benzene rings is 1. The number of nitrogens with zero attached hydrogens (tertiary/aromatic N) is 1. The Labute approximate surface area is 148 Å². The molecule has 0 saturated carbocycles. The van der Waals surface area contributed by atoms with E-state index in [2.05, 4.69) is 11.6 Å². The lowest BCUT2D eigenvalue weighted by atomic mass is 10.0. The number of piperidine rings is 1. The maximum atomic E-state index is 12.1. The molecule has 0 aromatic heterocycles. The van der Waals surface area contributed by atoms with E-state index >= 15 is 0 Å². The number of nitrogens with one attached hydrogen (secondary N) is 1. The summed E-state index contributed by atoms with van der Waals surface area (Å²) in [7, 11) is -3.78. The Balaban J connectivity index is 1.78. The average Bonchev–Trinajstić information content (AvgIpc) is 2.58. The van der Waals surface area contributed by atoms with Gasteiger partial charge in [0.2, 0.25) is 10.0 Å². The van der Waals surface area contributed by atoms with E-state index in [1.807, 2.05) is 6.92 Å². The second-order valence-corrected chi connectivity index (χ2v) is 8.15. The van der Waals surface area contributed by atoms with Crippen LogP contribution in [0.1, 0.15) is 25.3 Å². The van der Waals surface area contributed by atoms with Gasteiger partial charge in [-0.15, -0.1) is 0 Å². The third-order valence-corrected chi connectivity index (χ3v) is 5.52. The molecule has 1 heterocycles. The van der Waals surface area contributed by atoms with Crippen molar-refractivity contribution in [1.29, 1.82) is 0 Å². The predicted octanol–water partition coefficient (Wildman–Crippen LogP) is 1.08. The fourth-order valence-electron chi connectivity index (χ4n) is 2.66. The third-order valence-electron chi connectivity index (χ3n) is 4.10. The molecule has 0 aliphatic carbocycles. The fraction of sp³-hybridized carbons (Fsp3) is 0.529. The molecule has 7 nitrogen and oxygen atoms in total. The SMILES string of the molecule is Cc1ccc(S(=O)(=O)NCC(=O)OCC(=O)N2CCCC(C)C2)cc1. The number of rotatable bonds is 6. The quantitative estimate of drug-likeness (QED) is 0.759. The van der Waals surface area contributed by atoms with Gasteiger partial charge >= 0.3 is 5.97 Å². The molecular weight excluding hydrogens is 344 g/mol. The van der Waals surface area contributed by atoms with Crippen molar-refractivity contribution in [3.63, 3.8) is 0 Å². The third kappa shape index (κ3) is 5.82. The van der Waals surface area contributed by atoms with Gasteiger partial charge in [-0.1, -0.05) is 24.6 Å². The largest absolute Gasteiger partial charge is 0.455 e. The molecule has 2 rings (SSSR count). The molecule has 0 radical (unpaired) electrons. The van der Waals surface area contributed by atoms with E-state index in [9.17, 15) is 18.0 Å². The second-order valence-electron chi connectivity index (χ2n) is 6.39. The van der Waals surface area contributed by atoms with Gasteiger partial charge in [-0.25, -0.2) is 8.42 Å². The van der Waals surface area contributed by atoms with E-state index in [-0.39, 0.29) is 17.4 Å². The summed E-state index contributed by atoms with van der Waals surface area (Å²) >= 11 is 0. The molecule has 1 aliphatic rings. The summed E-state index contributed by atoms with van der Waals surface area (Å²) in [6.07, 6.45) is 2.03. The Hall–Kier alpha value is -1.93. The van der Waals surface area contributed by atoms with Gasteiger partial charge in [0.05, 0.1) is 4.90 Å². The van der Waals surface area contributed by atoms with Gasteiger partial charge in [-0.05, 0) is 37.8 Å². The first-order chi connectivity index (χ1) is 11.8. The zero-order valence-corrected chi connectivity index (χ0v) is 15.3. The van der Waals surface area contributed by atoms with Crippen molar-refractivity contribution in [3.8, 4) is 0 Å². The molecule has 138 valence electrons. The van der Waals surface area contributed by atoms with E-state index < -0.39 is 22.5 Å². The summed E-state index contributed by atoms with van der Waals surface area (Å²) in [5, 5.41) is 0. The van der Waals surface area contributed by atoms with E-state index in [4.69, 9.17) is 4.74 Å². The van der Waals surface area contributed by atoms with Crippen molar-refractivity contribution in [2.45, 2.75) is 31.6 Å². The second kappa shape index (κ2) is 8.44. The Morgan fingerprint density at radius 3 is 2.60 bits per heavy atom. The van der Waals surface area contributed by atoms with Crippen molar-refractivity contribution >= 4 is 21.9 Å². The zero-order valence-electron chi connectivity index (χ0n) is 14.5. The van der Waals surface area contributed by atoms with E-state index in [0.29, 0.717) is 19.0 Å². The van der Waals surface area contributed by atoms with Crippen LogP contribution in [0.25, 0.3) is 0 Å². The van der Waals surface area contributed by atoms with Gasteiger partial charge in [0.1, 0.15) is 6.54 Å². The summed E-state index contributed by atoms with van der Waals surface area (Å²) in [5.74, 6) is -0.592. The molecule has 0 bridgehead atoms. The Morgan fingerprint density at radius 2 is 1.96 bits per heavy atom. The number of esters is 1. The van der Waals surface area contributed by atoms with Crippen LogP contribution in [0.2, 0.25) is 0 Å². The van der Waals surface area contributed by atoms with Gasteiger partial charge in [0.25, 0.3) is 5.91 Å². The molecule has 1 saturated heterocycles. The van der Waals surface area contributed by atoms with Gasteiger partial charge in [-0.2, -0.15) is 4.72 Å². The number of likely N-dealkylation sites (tertiary alicyclic amines) is 1. The zero-order chi connectivity index (χ0) is 18.4. The minimum Gasteiger partial charge on any atom is -0.455 e. The summed E-state index contributed by atoms with van der Waals surface area (Å²) in [5.41, 5.74) is 0.934. The Kier molecular flexibility index (Phi) is 6.55. The minimum atomic E-state index is -3.78. The van der Waals surface area contributed by atoms with Crippen molar-refractivity contribution in [2.75, 3.05) is 26.2 Å². The lowest BCUT2D eigenvalue weighted by molar-refractivity contribution is -0.151. The van der Waals surface area contributed by atoms with Crippen molar-refractivity contribution in [2.24, 2.45) is 5.92 Å². The highest BCUT2D eigenvalue weighted by atomic mass is 32.2. The Morgan fingerprint density at radius 1 is 1.28 bits per heavy atom. The summed E-state index contributed by atoms with van der Waals surface area (Å²) in [6, 6.07) is 6.27. The molecule has 1 aromatic rings. The number of amides is 1. The number of ether oxygens (including phenoxy) is 1. The predicted molar refractivity (Wildman–Crippen MR) is 92.3 cm³/mol. The van der Waals surface area contributed by atoms with Gasteiger partial charge in [0, 0.05) is 13.1 Å². The van der Waals surface area contributed by atoms with Gasteiger partial charge < -0.3 is 9.64 Å². The number of aryl methyl sites for hydroxylation is 1. The number of carbonyl (C=O) groups excluding carboxylic acids is 2. The molecule has 1 N–H and O–H groups in total. The monoisotopic (exact) mass is 368 g/mol. The van der Waals surface area contributed by atoms with Crippen LogP contribution in [0.3, 0.4) is 0 Å².